The van der Waals surface area contributed by atoms with Gasteiger partial charge in [0, 0.05) is 12.8 Å². The molecule has 0 aliphatic carbocycles. The molecule has 2 aromatic rings. The molecule has 0 unspecified atom stereocenters. The molecule has 0 radical (unpaired) electrons. The van der Waals surface area contributed by atoms with E-state index >= 15 is 0 Å². The summed E-state index contributed by atoms with van der Waals surface area (Å²) >= 11 is 10.9. The van der Waals surface area contributed by atoms with Crippen molar-refractivity contribution < 1.29 is 9.59 Å². The van der Waals surface area contributed by atoms with Gasteiger partial charge in [-0.25, -0.2) is 0 Å². The number of carbonyl (C=O) groups is 2. The van der Waals surface area contributed by atoms with Crippen LogP contribution in [-0.4, -0.2) is 10.5 Å². The molecular weight excluding hydrogens is 295 g/mol. The maximum Gasteiger partial charge on any atom is 0.226 e. The molecule has 2 nitrogen and oxygen atoms in total. The minimum absolute atomic E-state index is 0.121. The molecule has 2 rings (SSSR count). The average molecular weight is 307 g/mol. The monoisotopic (exact) mass is 306 g/mol. The summed E-state index contributed by atoms with van der Waals surface area (Å²) < 4.78 is 0. The van der Waals surface area contributed by atoms with Crippen molar-refractivity contribution in [2.75, 3.05) is 0 Å². The van der Waals surface area contributed by atoms with Gasteiger partial charge in [0.2, 0.25) is 10.5 Å². The van der Waals surface area contributed by atoms with Crippen molar-refractivity contribution in [3.05, 3.63) is 59.7 Å². The largest absolute Gasteiger partial charge is 0.281 e. The highest BCUT2D eigenvalue weighted by atomic mass is 35.5. The van der Waals surface area contributed by atoms with Crippen molar-refractivity contribution >= 4 is 33.7 Å². The summed E-state index contributed by atoms with van der Waals surface area (Å²) in [5.41, 5.74) is 3.51. The molecule has 20 heavy (non-hydrogen) atoms. The van der Waals surface area contributed by atoms with Crippen molar-refractivity contribution in [3.8, 4) is 11.1 Å². The van der Waals surface area contributed by atoms with Gasteiger partial charge in [-0.1, -0.05) is 48.5 Å². The van der Waals surface area contributed by atoms with Crippen molar-refractivity contribution in [2.24, 2.45) is 0 Å². The first-order chi connectivity index (χ1) is 9.56. The van der Waals surface area contributed by atoms with Crippen LogP contribution >= 0.6 is 23.2 Å². The molecule has 2 aromatic carbocycles. The molecule has 4 heteroatoms. The highest BCUT2D eigenvalue weighted by Gasteiger charge is 2.10. The summed E-state index contributed by atoms with van der Waals surface area (Å²) in [5, 5.41) is -0.864. The van der Waals surface area contributed by atoms with Crippen LogP contribution in [0.2, 0.25) is 0 Å². The highest BCUT2D eigenvalue weighted by Crippen LogP contribution is 2.26. The lowest BCUT2D eigenvalue weighted by Gasteiger charge is -2.10. The van der Waals surface area contributed by atoms with E-state index in [1.807, 2.05) is 48.5 Å². The lowest BCUT2D eigenvalue weighted by atomic mass is 9.95. The Kier molecular flexibility index (Phi) is 4.94. The van der Waals surface area contributed by atoms with Crippen LogP contribution < -0.4 is 0 Å². The molecule has 0 saturated heterocycles. The van der Waals surface area contributed by atoms with Gasteiger partial charge in [0.15, 0.2) is 0 Å². The standard InChI is InChI=1S/C16H12Cl2O2/c17-15(19)9-11-6-7-14(12-4-2-1-3-5-12)13(8-11)10-16(18)20/h1-8H,9-10H2. The number of benzene rings is 2. The van der Waals surface area contributed by atoms with Crippen LogP contribution in [-0.2, 0) is 22.4 Å². The molecule has 0 heterocycles. The summed E-state index contributed by atoms with van der Waals surface area (Å²) in [6.07, 6.45) is 0.260. The summed E-state index contributed by atoms with van der Waals surface area (Å²) in [6, 6.07) is 15.2. The second-order valence-corrected chi connectivity index (χ2v) is 5.26. The van der Waals surface area contributed by atoms with Crippen molar-refractivity contribution in [1.82, 2.24) is 0 Å². The summed E-state index contributed by atoms with van der Waals surface area (Å²) in [5.74, 6) is 0. The quantitative estimate of drug-likeness (QED) is 0.783. The third-order valence-corrected chi connectivity index (χ3v) is 3.19. The third-order valence-electron chi connectivity index (χ3n) is 2.93. The number of rotatable bonds is 5. The van der Waals surface area contributed by atoms with Gasteiger partial charge >= 0.3 is 0 Å². The average Bonchev–Trinajstić information content (AvgIpc) is 2.38. The summed E-state index contributed by atoms with van der Waals surface area (Å²) in [4.78, 5) is 22.2. The van der Waals surface area contributed by atoms with E-state index in [0.717, 1.165) is 22.3 Å². The van der Waals surface area contributed by atoms with Gasteiger partial charge in [-0.2, -0.15) is 0 Å². The number of halogens is 2. The van der Waals surface area contributed by atoms with Crippen LogP contribution in [0.1, 0.15) is 11.1 Å². The fourth-order valence-corrected chi connectivity index (χ4v) is 2.41. The van der Waals surface area contributed by atoms with Gasteiger partial charge in [0.1, 0.15) is 0 Å². The van der Waals surface area contributed by atoms with E-state index in [-0.39, 0.29) is 12.8 Å². The molecule has 0 amide bonds. The maximum atomic E-state index is 11.2. The zero-order valence-corrected chi connectivity index (χ0v) is 12.1. The predicted molar refractivity (Wildman–Crippen MR) is 81.0 cm³/mol. The minimum Gasteiger partial charge on any atom is -0.281 e. The Labute approximate surface area is 127 Å². The Balaban J connectivity index is 2.45. The van der Waals surface area contributed by atoms with E-state index in [0.29, 0.717) is 0 Å². The molecule has 0 aromatic heterocycles. The van der Waals surface area contributed by atoms with Gasteiger partial charge in [-0.15, -0.1) is 0 Å². The third kappa shape index (κ3) is 3.92. The molecular formula is C16H12Cl2O2. The zero-order chi connectivity index (χ0) is 14.5. The molecule has 0 atom stereocenters. The Morgan fingerprint density at radius 2 is 1.50 bits per heavy atom. The SMILES string of the molecule is O=C(Cl)Cc1ccc(-c2ccccc2)c(CC(=O)Cl)c1. The summed E-state index contributed by atoms with van der Waals surface area (Å²) in [6.45, 7) is 0. The van der Waals surface area contributed by atoms with E-state index in [2.05, 4.69) is 0 Å². The van der Waals surface area contributed by atoms with Crippen LogP contribution in [0.15, 0.2) is 48.5 Å². The first-order valence-electron chi connectivity index (χ1n) is 6.10. The van der Waals surface area contributed by atoms with E-state index in [1.54, 1.807) is 0 Å². The van der Waals surface area contributed by atoms with Crippen LogP contribution in [0.3, 0.4) is 0 Å². The Bertz CT molecular complexity index is 636. The van der Waals surface area contributed by atoms with Crippen molar-refractivity contribution in [3.63, 3.8) is 0 Å². The lowest BCUT2D eigenvalue weighted by molar-refractivity contribution is -0.111. The molecule has 102 valence electrons. The van der Waals surface area contributed by atoms with Crippen LogP contribution in [0.4, 0.5) is 0 Å². The fourth-order valence-electron chi connectivity index (χ4n) is 2.11. The van der Waals surface area contributed by atoms with Crippen LogP contribution in [0, 0.1) is 0 Å². The zero-order valence-electron chi connectivity index (χ0n) is 10.6. The smallest absolute Gasteiger partial charge is 0.226 e. The number of carbonyl (C=O) groups excluding carboxylic acids is 2. The topological polar surface area (TPSA) is 34.1 Å². The normalized spacial score (nSPS) is 10.3. The first kappa shape index (κ1) is 14.8. The van der Waals surface area contributed by atoms with Crippen LogP contribution in [0.5, 0.6) is 0 Å². The van der Waals surface area contributed by atoms with E-state index in [4.69, 9.17) is 23.2 Å². The number of hydrogen-bond acceptors (Lipinski definition) is 2. The van der Waals surface area contributed by atoms with Crippen molar-refractivity contribution in [2.45, 2.75) is 12.8 Å². The van der Waals surface area contributed by atoms with Gasteiger partial charge in [-0.3, -0.25) is 9.59 Å². The Morgan fingerprint density at radius 3 is 2.10 bits per heavy atom. The molecule has 0 aliphatic heterocycles. The van der Waals surface area contributed by atoms with Gasteiger partial charge in [0.05, 0.1) is 0 Å². The molecule has 0 fully saturated rings. The number of hydrogen-bond donors (Lipinski definition) is 0. The first-order valence-corrected chi connectivity index (χ1v) is 6.86. The maximum absolute atomic E-state index is 11.2. The second-order valence-electron chi connectivity index (χ2n) is 4.42. The Hall–Kier alpha value is -1.64. The van der Waals surface area contributed by atoms with Crippen molar-refractivity contribution in [1.29, 1.82) is 0 Å². The predicted octanol–water partition coefficient (Wildman–Crippen LogP) is 3.97. The van der Waals surface area contributed by atoms with Gasteiger partial charge < -0.3 is 0 Å². The molecule has 0 N–H and O–H groups in total. The minimum atomic E-state index is -0.434. The molecule has 0 saturated carbocycles. The van der Waals surface area contributed by atoms with Gasteiger partial charge in [-0.05, 0) is 45.5 Å². The Morgan fingerprint density at radius 1 is 0.850 bits per heavy atom. The second kappa shape index (κ2) is 6.69. The lowest BCUT2D eigenvalue weighted by Crippen LogP contribution is -2.00. The van der Waals surface area contributed by atoms with Crippen LogP contribution in [0.25, 0.3) is 11.1 Å². The fraction of sp³-hybridized carbons (Fsp3) is 0.125. The molecule has 0 spiro atoms. The molecule has 0 aliphatic rings. The highest BCUT2D eigenvalue weighted by molar-refractivity contribution is 6.64. The summed E-state index contributed by atoms with van der Waals surface area (Å²) in [7, 11) is 0. The molecule has 0 bridgehead atoms. The van der Waals surface area contributed by atoms with Gasteiger partial charge in [0.25, 0.3) is 0 Å². The van der Waals surface area contributed by atoms with E-state index in [9.17, 15) is 9.59 Å². The van der Waals surface area contributed by atoms with E-state index < -0.39 is 10.5 Å². The van der Waals surface area contributed by atoms with E-state index in [1.165, 1.54) is 0 Å².